The third kappa shape index (κ3) is 2.39. The zero-order valence-corrected chi connectivity index (χ0v) is 11.5. The SMILES string of the molecule is Cc1nc(C)c(CN2C[C@@H]3CCCN[C@@H]3C2)s1. The fraction of sp³-hybridized carbons (Fsp3) is 0.769. The fourth-order valence-electron chi connectivity index (χ4n) is 3.19. The van der Waals surface area contributed by atoms with Gasteiger partial charge in [0.15, 0.2) is 0 Å². The molecule has 2 fully saturated rings. The molecule has 0 saturated carbocycles. The molecule has 2 saturated heterocycles. The number of thiazole rings is 1. The van der Waals surface area contributed by atoms with Crippen molar-refractivity contribution in [1.29, 1.82) is 0 Å². The standard InChI is InChI=1S/C13H21N3S/c1-9-13(17-10(2)15-9)8-16-6-11-4-3-5-14-12(11)7-16/h11-12,14H,3-8H2,1-2H3/t11-,12+/m0/s1. The van der Waals surface area contributed by atoms with Crippen LogP contribution >= 0.6 is 11.3 Å². The van der Waals surface area contributed by atoms with Crippen molar-refractivity contribution in [3.8, 4) is 0 Å². The van der Waals surface area contributed by atoms with Crippen LogP contribution < -0.4 is 5.32 Å². The van der Waals surface area contributed by atoms with Gasteiger partial charge in [0.25, 0.3) is 0 Å². The van der Waals surface area contributed by atoms with Crippen LogP contribution in [0.2, 0.25) is 0 Å². The van der Waals surface area contributed by atoms with Gasteiger partial charge in [0, 0.05) is 30.6 Å². The summed E-state index contributed by atoms with van der Waals surface area (Å²) in [6.45, 7) is 9.06. The van der Waals surface area contributed by atoms with Gasteiger partial charge in [0.05, 0.1) is 10.7 Å². The first-order valence-corrected chi connectivity index (χ1v) is 7.42. The minimum Gasteiger partial charge on any atom is -0.312 e. The summed E-state index contributed by atoms with van der Waals surface area (Å²) < 4.78 is 0. The van der Waals surface area contributed by atoms with Crippen molar-refractivity contribution in [2.45, 2.75) is 39.3 Å². The van der Waals surface area contributed by atoms with Crippen LogP contribution in [0.5, 0.6) is 0 Å². The molecule has 0 bridgehead atoms. The molecule has 4 heteroatoms. The second-order valence-electron chi connectivity index (χ2n) is 5.40. The van der Waals surface area contributed by atoms with E-state index in [4.69, 9.17) is 0 Å². The zero-order chi connectivity index (χ0) is 11.8. The highest BCUT2D eigenvalue weighted by Gasteiger charge is 2.34. The van der Waals surface area contributed by atoms with Crippen molar-refractivity contribution >= 4 is 11.3 Å². The summed E-state index contributed by atoms with van der Waals surface area (Å²) in [6.07, 6.45) is 2.77. The first kappa shape index (κ1) is 11.6. The molecule has 1 aromatic rings. The summed E-state index contributed by atoms with van der Waals surface area (Å²) in [7, 11) is 0. The van der Waals surface area contributed by atoms with Gasteiger partial charge < -0.3 is 5.32 Å². The van der Waals surface area contributed by atoms with Crippen molar-refractivity contribution in [3.05, 3.63) is 15.6 Å². The minimum absolute atomic E-state index is 0.748. The van der Waals surface area contributed by atoms with Crippen LogP contribution in [0.3, 0.4) is 0 Å². The number of hydrogen-bond acceptors (Lipinski definition) is 4. The Morgan fingerprint density at radius 2 is 2.29 bits per heavy atom. The molecule has 2 aliphatic heterocycles. The summed E-state index contributed by atoms with van der Waals surface area (Å²) in [5.74, 6) is 0.887. The highest BCUT2D eigenvalue weighted by atomic mass is 32.1. The predicted octanol–water partition coefficient (Wildman–Crippen LogP) is 1.94. The topological polar surface area (TPSA) is 28.2 Å². The van der Waals surface area contributed by atoms with Crippen LogP contribution in [0.1, 0.15) is 28.4 Å². The molecule has 0 aliphatic carbocycles. The largest absolute Gasteiger partial charge is 0.312 e. The van der Waals surface area contributed by atoms with Gasteiger partial charge in [-0.3, -0.25) is 4.90 Å². The van der Waals surface area contributed by atoms with Gasteiger partial charge in [-0.1, -0.05) is 0 Å². The molecule has 0 aromatic carbocycles. The summed E-state index contributed by atoms with van der Waals surface area (Å²) in [6, 6.07) is 0.748. The Morgan fingerprint density at radius 1 is 1.41 bits per heavy atom. The average Bonchev–Trinajstić information content (AvgIpc) is 2.82. The van der Waals surface area contributed by atoms with E-state index in [0.29, 0.717) is 0 Å². The van der Waals surface area contributed by atoms with E-state index in [0.717, 1.165) is 18.5 Å². The molecule has 3 heterocycles. The number of aryl methyl sites for hydroxylation is 2. The molecule has 0 unspecified atom stereocenters. The minimum atomic E-state index is 0.748. The van der Waals surface area contributed by atoms with Gasteiger partial charge in [0.2, 0.25) is 0 Å². The highest BCUT2D eigenvalue weighted by molar-refractivity contribution is 7.11. The second kappa shape index (κ2) is 4.67. The summed E-state index contributed by atoms with van der Waals surface area (Å²) in [5.41, 5.74) is 1.23. The van der Waals surface area contributed by atoms with E-state index < -0.39 is 0 Å². The van der Waals surface area contributed by atoms with Crippen LogP contribution in [0, 0.1) is 19.8 Å². The van der Waals surface area contributed by atoms with Gasteiger partial charge >= 0.3 is 0 Å². The van der Waals surface area contributed by atoms with E-state index in [9.17, 15) is 0 Å². The lowest BCUT2D eigenvalue weighted by Gasteiger charge is -2.24. The van der Waals surface area contributed by atoms with Gasteiger partial charge in [-0.05, 0) is 39.2 Å². The van der Waals surface area contributed by atoms with E-state index in [1.807, 2.05) is 11.3 Å². The van der Waals surface area contributed by atoms with E-state index >= 15 is 0 Å². The van der Waals surface area contributed by atoms with Crippen LogP contribution in [0.15, 0.2) is 0 Å². The number of rotatable bonds is 2. The predicted molar refractivity (Wildman–Crippen MR) is 71.4 cm³/mol. The average molecular weight is 251 g/mol. The molecule has 2 atom stereocenters. The van der Waals surface area contributed by atoms with E-state index in [2.05, 4.69) is 29.0 Å². The number of nitrogens with zero attached hydrogens (tertiary/aromatic N) is 2. The van der Waals surface area contributed by atoms with Crippen LogP contribution in [0.4, 0.5) is 0 Å². The van der Waals surface area contributed by atoms with Crippen molar-refractivity contribution < 1.29 is 0 Å². The van der Waals surface area contributed by atoms with Crippen LogP contribution in [-0.4, -0.2) is 35.6 Å². The number of aromatic nitrogens is 1. The highest BCUT2D eigenvalue weighted by Crippen LogP contribution is 2.27. The molecule has 1 N–H and O–H groups in total. The fourth-order valence-corrected chi connectivity index (χ4v) is 4.17. The number of nitrogens with one attached hydrogen (secondary N) is 1. The molecule has 3 rings (SSSR count). The Morgan fingerprint density at radius 3 is 3.00 bits per heavy atom. The second-order valence-corrected chi connectivity index (χ2v) is 6.69. The maximum Gasteiger partial charge on any atom is 0.0900 e. The zero-order valence-electron chi connectivity index (χ0n) is 10.7. The summed E-state index contributed by atoms with van der Waals surface area (Å²) in [5, 5.41) is 4.86. The summed E-state index contributed by atoms with van der Waals surface area (Å²) in [4.78, 5) is 8.58. The Bertz CT molecular complexity index is 387. The molecule has 0 spiro atoms. The molecular weight excluding hydrogens is 230 g/mol. The number of hydrogen-bond donors (Lipinski definition) is 1. The lowest BCUT2D eigenvalue weighted by Crippen LogP contribution is -2.40. The van der Waals surface area contributed by atoms with Crippen LogP contribution in [-0.2, 0) is 6.54 Å². The summed E-state index contributed by atoms with van der Waals surface area (Å²) >= 11 is 1.86. The Kier molecular flexibility index (Phi) is 3.19. The van der Waals surface area contributed by atoms with E-state index in [1.54, 1.807) is 0 Å². The monoisotopic (exact) mass is 251 g/mol. The van der Waals surface area contributed by atoms with Crippen molar-refractivity contribution in [1.82, 2.24) is 15.2 Å². The van der Waals surface area contributed by atoms with E-state index in [-0.39, 0.29) is 0 Å². The first-order chi connectivity index (χ1) is 8.22. The molecule has 1 aromatic heterocycles. The van der Waals surface area contributed by atoms with Crippen molar-refractivity contribution in [2.75, 3.05) is 19.6 Å². The molecular formula is C13H21N3S. The van der Waals surface area contributed by atoms with Gasteiger partial charge in [0.1, 0.15) is 0 Å². The van der Waals surface area contributed by atoms with E-state index in [1.165, 1.54) is 48.1 Å². The molecule has 3 nitrogen and oxygen atoms in total. The lowest BCUT2D eigenvalue weighted by molar-refractivity contribution is 0.314. The number of piperidine rings is 1. The molecule has 2 aliphatic rings. The van der Waals surface area contributed by atoms with Gasteiger partial charge in [-0.15, -0.1) is 11.3 Å². The number of fused-ring (bicyclic) bond motifs is 1. The molecule has 94 valence electrons. The van der Waals surface area contributed by atoms with Crippen molar-refractivity contribution in [3.63, 3.8) is 0 Å². The normalized spacial score (nSPS) is 29.5. The molecule has 17 heavy (non-hydrogen) atoms. The Hall–Kier alpha value is -0.450. The maximum atomic E-state index is 4.52. The van der Waals surface area contributed by atoms with Gasteiger partial charge in [-0.25, -0.2) is 4.98 Å². The van der Waals surface area contributed by atoms with Crippen LogP contribution in [0.25, 0.3) is 0 Å². The number of likely N-dealkylation sites (tertiary alicyclic amines) is 1. The smallest absolute Gasteiger partial charge is 0.0900 e. The lowest BCUT2D eigenvalue weighted by atomic mass is 9.94. The first-order valence-electron chi connectivity index (χ1n) is 6.61. The van der Waals surface area contributed by atoms with Gasteiger partial charge in [-0.2, -0.15) is 0 Å². The molecule has 0 radical (unpaired) electrons. The Balaban J connectivity index is 1.65. The molecule has 0 amide bonds. The maximum absolute atomic E-state index is 4.52. The quantitative estimate of drug-likeness (QED) is 0.871. The third-order valence-corrected chi connectivity index (χ3v) is 5.10. The Labute approximate surface area is 107 Å². The third-order valence-electron chi connectivity index (χ3n) is 4.04. The van der Waals surface area contributed by atoms with Crippen molar-refractivity contribution in [2.24, 2.45) is 5.92 Å².